The Kier molecular flexibility index (Phi) is 7.86. The van der Waals surface area contributed by atoms with Crippen molar-refractivity contribution in [2.24, 2.45) is 52.3 Å². The molecule has 1 heterocycles. The number of amides is 1. The fourth-order valence-corrected chi connectivity index (χ4v) is 11.2. The van der Waals surface area contributed by atoms with E-state index >= 15 is 0 Å². The van der Waals surface area contributed by atoms with Crippen molar-refractivity contribution in [2.45, 2.75) is 111 Å². The summed E-state index contributed by atoms with van der Waals surface area (Å²) in [6.07, 6.45) is 8.58. The van der Waals surface area contributed by atoms with Gasteiger partial charge in [0, 0.05) is 11.3 Å². The number of fused-ring (bicyclic) bond motifs is 5. The highest BCUT2D eigenvalue weighted by atomic mass is 35.5. The van der Waals surface area contributed by atoms with Crippen molar-refractivity contribution in [3.8, 4) is 0 Å². The first-order valence-corrected chi connectivity index (χ1v) is 16.0. The first-order chi connectivity index (χ1) is 17.4. The van der Waals surface area contributed by atoms with Gasteiger partial charge in [-0.1, -0.05) is 46.2 Å². The molecule has 0 aliphatic heterocycles. The van der Waals surface area contributed by atoms with Crippen molar-refractivity contribution in [1.82, 2.24) is 5.32 Å². The van der Waals surface area contributed by atoms with Gasteiger partial charge in [-0.25, -0.2) is 0 Å². The van der Waals surface area contributed by atoms with E-state index in [4.69, 9.17) is 11.6 Å². The summed E-state index contributed by atoms with van der Waals surface area (Å²) < 4.78 is 0.762. The minimum absolute atomic E-state index is 0.000334. The predicted octanol–water partition coefficient (Wildman–Crippen LogP) is 7.23. The molecular formula is C31H48ClNO3S. The molecule has 3 N–H and O–H groups in total. The maximum Gasteiger partial charge on any atom is 0.220 e. The zero-order chi connectivity index (χ0) is 26.7. The summed E-state index contributed by atoms with van der Waals surface area (Å²) in [7, 11) is 0. The van der Waals surface area contributed by atoms with Crippen molar-refractivity contribution in [3.05, 3.63) is 21.3 Å². The van der Waals surface area contributed by atoms with Crippen LogP contribution in [0.3, 0.4) is 0 Å². The summed E-state index contributed by atoms with van der Waals surface area (Å²) >= 11 is 7.74. The summed E-state index contributed by atoms with van der Waals surface area (Å²) in [6.45, 7) is 11.5. The molecule has 6 heteroatoms. The molecule has 0 saturated heterocycles. The molecule has 4 nitrogen and oxygen atoms in total. The summed E-state index contributed by atoms with van der Waals surface area (Å²) in [5.41, 5.74) is 0.447. The molecule has 0 unspecified atom stereocenters. The molecule has 4 aliphatic carbocycles. The third-order valence-electron chi connectivity index (χ3n) is 11.8. The number of carbonyl (C=O) groups is 1. The number of hydrogen-bond acceptors (Lipinski definition) is 4. The molecule has 0 spiro atoms. The first kappa shape index (κ1) is 27.9. The predicted molar refractivity (Wildman–Crippen MR) is 151 cm³/mol. The van der Waals surface area contributed by atoms with Gasteiger partial charge in [0.05, 0.1) is 22.6 Å². The minimum atomic E-state index is -0.250. The van der Waals surface area contributed by atoms with Gasteiger partial charge in [0.2, 0.25) is 5.91 Å². The highest BCUT2D eigenvalue weighted by molar-refractivity contribution is 7.16. The molecule has 5 rings (SSSR count). The highest BCUT2D eigenvalue weighted by Crippen LogP contribution is 2.68. The topological polar surface area (TPSA) is 69.6 Å². The fraction of sp³-hybridized carbons (Fsp3) is 0.839. The van der Waals surface area contributed by atoms with Gasteiger partial charge in [0.25, 0.3) is 0 Å². The van der Waals surface area contributed by atoms with Crippen molar-refractivity contribution >= 4 is 28.8 Å². The largest absolute Gasteiger partial charge is 0.393 e. The van der Waals surface area contributed by atoms with Crippen LogP contribution in [0.25, 0.3) is 0 Å². The lowest BCUT2D eigenvalue weighted by Gasteiger charge is -2.62. The van der Waals surface area contributed by atoms with Crippen LogP contribution < -0.4 is 5.32 Å². The highest BCUT2D eigenvalue weighted by Gasteiger charge is 2.62. The standard InChI is InChI=1S/C31H48ClNO3S/c1-17(2)29(25-8-9-26(32)37-25)33-27(36)14-18(3)21-6-7-22-28-23(11-13-31(21,22)5)30(4)12-10-20(34)15-19(30)16-24(28)35/h8-9,17-24,28-29,34-35H,6-7,10-16H2,1-5H3,(H,33,36)/t18-,19+,20+,21-,22+,23+,24-,28+,29-,30+,31-/m1/s1. The average molecular weight is 550 g/mol. The van der Waals surface area contributed by atoms with Crippen LogP contribution in [0.15, 0.2) is 12.1 Å². The van der Waals surface area contributed by atoms with Crippen molar-refractivity contribution in [1.29, 1.82) is 0 Å². The molecule has 0 bridgehead atoms. The number of aliphatic hydroxyl groups excluding tert-OH is 2. The van der Waals surface area contributed by atoms with Gasteiger partial charge in [-0.3, -0.25) is 4.79 Å². The Balaban J connectivity index is 1.27. The van der Waals surface area contributed by atoms with E-state index in [0.717, 1.165) is 34.9 Å². The number of halogens is 1. The lowest BCUT2D eigenvalue weighted by Crippen LogP contribution is -2.58. The van der Waals surface area contributed by atoms with Crippen LogP contribution >= 0.6 is 22.9 Å². The van der Waals surface area contributed by atoms with E-state index in [1.165, 1.54) is 25.7 Å². The fourth-order valence-electron chi connectivity index (χ4n) is 9.90. The summed E-state index contributed by atoms with van der Waals surface area (Å²) in [4.78, 5) is 14.4. The van der Waals surface area contributed by atoms with Crippen LogP contribution in [-0.2, 0) is 4.79 Å². The molecule has 0 aromatic carbocycles. The number of nitrogens with one attached hydrogen (secondary N) is 1. The van der Waals surface area contributed by atoms with Crippen molar-refractivity contribution in [2.75, 3.05) is 0 Å². The maximum atomic E-state index is 13.3. The van der Waals surface area contributed by atoms with Gasteiger partial charge < -0.3 is 15.5 Å². The molecule has 1 aromatic heterocycles. The van der Waals surface area contributed by atoms with E-state index in [1.54, 1.807) is 11.3 Å². The second kappa shape index (κ2) is 10.4. The van der Waals surface area contributed by atoms with Crippen molar-refractivity contribution < 1.29 is 15.0 Å². The monoisotopic (exact) mass is 549 g/mol. The van der Waals surface area contributed by atoms with Gasteiger partial charge in [0.15, 0.2) is 0 Å². The molecular weight excluding hydrogens is 502 g/mol. The number of rotatable bonds is 6. The van der Waals surface area contributed by atoms with Crippen LogP contribution in [0.4, 0.5) is 0 Å². The minimum Gasteiger partial charge on any atom is -0.393 e. The van der Waals surface area contributed by atoms with E-state index in [1.807, 2.05) is 12.1 Å². The Hall–Kier alpha value is -0.620. The van der Waals surface area contributed by atoms with Crippen molar-refractivity contribution in [3.63, 3.8) is 0 Å². The zero-order valence-electron chi connectivity index (χ0n) is 23.4. The Morgan fingerprint density at radius 3 is 2.43 bits per heavy atom. The molecule has 4 aliphatic rings. The van der Waals surface area contributed by atoms with Crippen LogP contribution in [0.1, 0.15) is 103 Å². The van der Waals surface area contributed by atoms with Gasteiger partial charge >= 0.3 is 0 Å². The van der Waals surface area contributed by atoms with E-state index in [2.05, 4.69) is 39.9 Å². The maximum absolute atomic E-state index is 13.3. The molecule has 37 heavy (non-hydrogen) atoms. The lowest BCUT2D eigenvalue weighted by atomic mass is 9.43. The van der Waals surface area contributed by atoms with Gasteiger partial charge in [-0.05, 0) is 116 Å². The quantitative estimate of drug-likeness (QED) is 0.350. The van der Waals surface area contributed by atoms with Gasteiger partial charge in [-0.2, -0.15) is 0 Å². The number of aliphatic hydroxyl groups is 2. The Morgan fingerprint density at radius 1 is 1.05 bits per heavy atom. The molecule has 1 amide bonds. The Morgan fingerprint density at radius 2 is 1.76 bits per heavy atom. The number of hydrogen-bond donors (Lipinski definition) is 3. The SMILES string of the molecule is CC(C)[C@@H](NC(=O)C[C@@H](C)[C@H]1CC[C@H]2[C@@H]3[C@H](O)C[C@@H]4C[C@@H](O)CC[C@]4(C)[C@H]3CC[C@]12C)c1ccc(Cl)s1. The van der Waals surface area contributed by atoms with Crippen LogP contribution in [0, 0.1) is 52.3 Å². The molecule has 4 saturated carbocycles. The van der Waals surface area contributed by atoms with E-state index < -0.39 is 0 Å². The Bertz CT molecular complexity index is 981. The molecule has 208 valence electrons. The van der Waals surface area contributed by atoms with Crippen LogP contribution in [-0.4, -0.2) is 28.3 Å². The second-order valence-corrected chi connectivity index (χ2v) is 15.8. The van der Waals surface area contributed by atoms with E-state index in [0.29, 0.717) is 47.8 Å². The van der Waals surface area contributed by atoms with Crippen LogP contribution in [0.2, 0.25) is 4.34 Å². The number of carbonyl (C=O) groups excluding carboxylic acids is 1. The third kappa shape index (κ3) is 4.93. The third-order valence-corrected chi connectivity index (χ3v) is 13.1. The van der Waals surface area contributed by atoms with E-state index in [9.17, 15) is 15.0 Å². The van der Waals surface area contributed by atoms with E-state index in [-0.39, 0.29) is 35.0 Å². The smallest absolute Gasteiger partial charge is 0.220 e. The molecule has 0 radical (unpaired) electrons. The zero-order valence-corrected chi connectivity index (χ0v) is 25.0. The summed E-state index contributed by atoms with van der Waals surface area (Å²) in [6, 6.07) is 3.95. The molecule has 1 aromatic rings. The molecule has 4 fully saturated rings. The Labute approximate surface area is 233 Å². The van der Waals surface area contributed by atoms with Crippen LogP contribution in [0.5, 0.6) is 0 Å². The lowest BCUT2D eigenvalue weighted by molar-refractivity contribution is -0.174. The average Bonchev–Trinajstić information content (AvgIpc) is 3.41. The normalized spacial score (nSPS) is 43.0. The van der Waals surface area contributed by atoms with Gasteiger partial charge in [0.1, 0.15) is 0 Å². The van der Waals surface area contributed by atoms with Gasteiger partial charge in [-0.15, -0.1) is 11.3 Å². The molecule has 11 atom stereocenters. The first-order valence-electron chi connectivity index (χ1n) is 14.8. The summed E-state index contributed by atoms with van der Waals surface area (Å²) in [5, 5.41) is 25.1. The summed E-state index contributed by atoms with van der Waals surface area (Å²) in [5.74, 6) is 3.20. The second-order valence-electron chi connectivity index (χ2n) is 14.1. The number of thiophene rings is 1.